The molecule has 2 aromatic rings. The van der Waals surface area contributed by atoms with Gasteiger partial charge in [0.15, 0.2) is 0 Å². The van der Waals surface area contributed by atoms with Gasteiger partial charge in [-0.2, -0.15) is 0 Å². The minimum atomic E-state index is -0.346. The number of rotatable bonds is 4. The van der Waals surface area contributed by atoms with Crippen molar-refractivity contribution in [3.8, 4) is 0 Å². The van der Waals surface area contributed by atoms with E-state index in [1.807, 2.05) is 30.3 Å². The van der Waals surface area contributed by atoms with Gasteiger partial charge in [0, 0.05) is 28.4 Å². The van der Waals surface area contributed by atoms with E-state index < -0.39 is 0 Å². The van der Waals surface area contributed by atoms with Crippen molar-refractivity contribution in [2.45, 2.75) is 25.7 Å². The van der Waals surface area contributed by atoms with Crippen LogP contribution in [0.1, 0.15) is 25.1 Å². The molecule has 1 N–H and O–H groups in total. The van der Waals surface area contributed by atoms with E-state index in [0.29, 0.717) is 0 Å². The second-order valence-corrected chi connectivity index (χ2v) is 5.40. The average Bonchev–Trinajstić information content (AvgIpc) is 2.68. The van der Waals surface area contributed by atoms with Crippen LogP contribution in [0.15, 0.2) is 36.9 Å². The van der Waals surface area contributed by atoms with Gasteiger partial charge in [0.25, 0.3) is 0 Å². The Bertz CT molecular complexity index is 610. The first-order chi connectivity index (χ1) is 8.45. The highest BCUT2D eigenvalue weighted by atomic mass is 35.5. The first-order valence-corrected chi connectivity index (χ1v) is 6.25. The Labute approximate surface area is 112 Å². The van der Waals surface area contributed by atoms with E-state index in [1.165, 1.54) is 0 Å². The maximum Gasteiger partial charge on any atom is 0.226 e. The van der Waals surface area contributed by atoms with Gasteiger partial charge in [0.05, 0.1) is 0 Å². The van der Waals surface area contributed by atoms with Crippen molar-refractivity contribution in [3.63, 3.8) is 0 Å². The predicted molar refractivity (Wildman–Crippen MR) is 76.1 cm³/mol. The average molecular weight is 262 g/mol. The standard InChI is InChI=1S/C15H16ClNO/c1-4-15(2,3)14-11(9-13(16)18)10-7-5-6-8-12(10)17-14/h4-8,17H,1,9H2,2-3H3. The Morgan fingerprint density at radius 3 is 2.72 bits per heavy atom. The molecule has 18 heavy (non-hydrogen) atoms. The van der Waals surface area contributed by atoms with Gasteiger partial charge in [-0.3, -0.25) is 4.79 Å². The van der Waals surface area contributed by atoms with Crippen molar-refractivity contribution in [2.24, 2.45) is 0 Å². The molecule has 1 aromatic carbocycles. The van der Waals surface area contributed by atoms with E-state index in [9.17, 15) is 4.79 Å². The number of aromatic nitrogens is 1. The summed E-state index contributed by atoms with van der Waals surface area (Å²) in [7, 11) is 0. The van der Waals surface area contributed by atoms with Gasteiger partial charge in [-0.05, 0) is 23.2 Å². The van der Waals surface area contributed by atoms with Gasteiger partial charge >= 0.3 is 0 Å². The van der Waals surface area contributed by atoms with Crippen LogP contribution in [0.2, 0.25) is 0 Å². The van der Waals surface area contributed by atoms with E-state index in [1.54, 1.807) is 0 Å². The fraction of sp³-hybridized carbons (Fsp3) is 0.267. The second kappa shape index (κ2) is 4.62. The van der Waals surface area contributed by atoms with Gasteiger partial charge < -0.3 is 4.98 Å². The first-order valence-electron chi connectivity index (χ1n) is 5.87. The molecule has 0 aliphatic carbocycles. The monoisotopic (exact) mass is 261 g/mol. The molecule has 1 heterocycles. The summed E-state index contributed by atoms with van der Waals surface area (Å²) < 4.78 is 0. The van der Waals surface area contributed by atoms with Crippen LogP contribution >= 0.6 is 11.6 Å². The molecule has 0 spiro atoms. The summed E-state index contributed by atoms with van der Waals surface area (Å²) in [4.78, 5) is 14.6. The molecule has 0 aliphatic heterocycles. The molecule has 1 aromatic heterocycles. The van der Waals surface area contributed by atoms with Gasteiger partial charge in [-0.25, -0.2) is 0 Å². The molecule has 3 heteroatoms. The number of carbonyl (C=O) groups is 1. The molecule has 2 nitrogen and oxygen atoms in total. The van der Waals surface area contributed by atoms with Crippen LogP contribution in [0.4, 0.5) is 0 Å². The number of H-pyrrole nitrogens is 1. The van der Waals surface area contributed by atoms with Crippen LogP contribution < -0.4 is 0 Å². The van der Waals surface area contributed by atoms with Crippen LogP contribution in [0.3, 0.4) is 0 Å². The molecule has 0 bridgehead atoms. The molecule has 0 fully saturated rings. The maximum atomic E-state index is 11.2. The molecule has 0 amide bonds. The molecule has 0 saturated carbocycles. The summed E-state index contributed by atoms with van der Waals surface area (Å²) in [5, 5.41) is 0.706. The van der Waals surface area contributed by atoms with Crippen LogP contribution in [-0.4, -0.2) is 10.2 Å². The van der Waals surface area contributed by atoms with Crippen LogP contribution in [0.5, 0.6) is 0 Å². The smallest absolute Gasteiger partial charge is 0.226 e. The van der Waals surface area contributed by atoms with E-state index in [-0.39, 0.29) is 17.1 Å². The number of hydrogen-bond acceptors (Lipinski definition) is 1. The molecular formula is C15H16ClNO. The second-order valence-electron chi connectivity index (χ2n) is 4.98. The highest BCUT2D eigenvalue weighted by Crippen LogP contribution is 2.32. The van der Waals surface area contributed by atoms with Crippen molar-refractivity contribution in [1.29, 1.82) is 0 Å². The van der Waals surface area contributed by atoms with Crippen LogP contribution in [0, 0.1) is 0 Å². The third kappa shape index (κ3) is 2.21. The Balaban J connectivity index is 2.71. The fourth-order valence-electron chi connectivity index (χ4n) is 2.17. The van der Waals surface area contributed by atoms with E-state index in [0.717, 1.165) is 22.2 Å². The van der Waals surface area contributed by atoms with Gasteiger partial charge in [-0.15, -0.1) is 6.58 Å². The molecule has 94 valence electrons. The topological polar surface area (TPSA) is 32.9 Å². The molecule has 0 aliphatic rings. The number of hydrogen-bond donors (Lipinski definition) is 1. The quantitative estimate of drug-likeness (QED) is 0.656. The first kappa shape index (κ1) is 12.9. The minimum absolute atomic E-state index is 0.222. The third-order valence-electron chi connectivity index (χ3n) is 3.28. The summed E-state index contributed by atoms with van der Waals surface area (Å²) in [6.45, 7) is 7.99. The summed E-state index contributed by atoms with van der Waals surface area (Å²) in [6, 6.07) is 7.93. The summed E-state index contributed by atoms with van der Waals surface area (Å²) in [6.07, 6.45) is 2.11. The zero-order valence-electron chi connectivity index (χ0n) is 10.6. The van der Waals surface area contributed by atoms with Crippen molar-refractivity contribution in [3.05, 3.63) is 48.2 Å². The summed E-state index contributed by atoms with van der Waals surface area (Å²) >= 11 is 5.56. The van der Waals surface area contributed by atoms with Crippen LogP contribution in [-0.2, 0) is 16.6 Å². The third-order valence-corrected chi connectivity index (χ3v) is 3.42. The van der Waals surface area contributed by atoms with Crippen molar-refractivity contribution >= 4 is 27.7 Å². The summed E-state index contributed by atoms with van der Waals surface area (Å²) in [5.41, 5.74) is 2.78. The number of para-hydroxylation sites is 1. The molecular weight excluding hydrogens is 246 g/mol. The van der Waals surface area contributed by atoms with Gasteiger partial charge in [0.1, 0.15) is 0 Å². The largest absolute Gasteiger partial charge is 0.357 e. The molecule has 0 saturated heterocycles. The van der Waals surface area contributed by atoms with Gasteiger partial charge in [0.2, 0.25) is 5.24 Å². The number of carbonyl (C=O) groups excluding carboxylic acids is 1. The highest BCUT2D eigenvalue weighted by Gasteiger charge is 2.24. The number of nitrogens with one attached hydrogen (secondary N) is 1. The Morgan fingerprint density at radius 1 is 1.44 bits per heavy atom. The molecule has 2 rings (SSSR count). The Kier molecular flexibility index (Phi) is 3.31. The van der Waals surface area contributed by atoms with Crippen molar-refractivity contribution in [1.82, 2.24) is 4.98 Å². The lowest BCUT2D eigenvalue weighted by Gasteiger charge is -2.20. The number of fused-ring (bicyclic) bond motifs is 1. The van der Waals surface area contributed by atoms with E-state index in [4.69, 9.17) is 11.6 Å². The number of aromatic amines is 1. The maximum absolute atomic E-state index is 11.2. The molecule has 0 atom stereocenters. The lowest BCUT2D eigenvalue weighted by atomic mass is 9.86. The minimum Gasteiger partial charge on any atom is -0.357 e. The van der Waals surface area contributed by atoms with Gasteiger partial charge in [-0.1, -0.05) is 38.1 Å². The highest BCUT2D eigenvalue weighted by molar-refractivity contribution is 6.63. The number of halogens is 1. The molecule has 0 unspecified atom stereocenters. The Hall–Kier alpha value is -1.54. The van der Waals surface area contributed by atoms with Crippen molar-refractivity contribution in [2.75, 3.05) is 0 Å². The lowest BCUT2D eigenvalue weighted by molar-refractivity contribution is -0.111. The zero-order chi connectivity index (χ0) is 13.3. The fourth-order valence-corrected chi connectivity index (χ4v) is 2.31. The van der Waals surface area contributed by atoms with Crippen LogP contribution in [0.25, 0.3) is 10.9 Å². The lowest BCUT2D eigenvalue weighted by Crippen LogP contribution is -2.16. The summed E-state index contributed by atoms with van der Waals surface area (Å²) in [5.74, 6) is 0. The predicted octanol–water partition coefficient (Wildman–Crippen LogP) is 3.94. The zero-order valence-corrected chi connectivity index (χ0v) is 11.3. The Morgan fingerprint density at radius 2 is 2.11 bits per heavy atom. The normalized spacial score (nSPS) is 11.7. The van der Waals surface area contributed by atoms with E-state index in [2.05, 4.69) is 25.4 Å². The number of allylic oxidation sites excluding steroid dienone is 1. The number of benzene rings is 1. The molecule has 0 radical (unpaired) electrons. The van der Waals surface area contributed by atoms with Crippen molar-refractivity contribution < 1.29 is 4.79 Å². The SMILES string of the molecule is C=CC(C)(C)c1[nH]c2ccccc2c1CC(=O)Cl. The van der Waals surface area contributed by atoms with E-state index >= 15 is 0 Å².